The first-order valence-corrected chi connectivity index (χ1v) is 5.59. The van der Waals surface area contributed by atoms with Gasteiger partial charge in [0, 0.05) is 25.6 Å². The maximum absolute atomic E-state index is 5.33. The van der Waals surface area contributed by atoms with E-state index in [4.69, 9.17) is 4.52 Å². The van der Waals surface area contributed by atoms with E-state index in [0.717, 1.165) is 31.3 Å². The van der Waals surface area contributed by atoms with E-state index in [9.17, 15) is 0 Å². The van der Waals surface area contributed by atoms with Gasteiger partial charge in [0.1, 0.15) is 6.04 Å². The smallest absolute Gasteiger partial charge is 0.245 e. The number of hydrogen-bond donors (Lipinski definition) is 1. The third-order valence-corrected chi connectivity index (χ3v) is 3.20. The van der Waals surface area contributed by atoms with Gasteiger partial charge in [-0.1, -0.05) is 5.16 Å². The number of hydrogen-bond acceptors (Lipinski definition) is 5. The van der Waals surface area contributed by atoms with Crippen molar-refractivity contribution < 1.29 is 4.52 Å². The van der Waals surface area contributed by atoms with Crippen molar-refractivity contribution in [2.75, 3.05) is 26.7 Å². The highest BCUT2D eigenvalue weighted by molar-refractivity contribution is 5.05. The monoisotopic (exact) mass is 208 g/mol. The summed E-state index contributed by atoms with van der Waals surface area (Å²) in [7, 11) is 2.10. The van der Waals surface area contributed by atoms with Crippen LogP contribution in [-0.4, -0.2) is 41.7 Å². The molecule has 0 aromatic carbocycles. The van der Waals surface area contributed by atoms with Crippen LogP contribution in [0, 0.1) is 0 Å². The van der Waals surface area contributed by atoms with Crippen LogP contribution in [-0.2, 0) is 0 Å². The molecule has 2 aliphatic rings. The molecule has 1 unspecified atom stereocenters. The molecule has 5 heteroatoms. The van der Waals surface area contributed by atoms with E-state index in [2.05, 4.69) is 27.4 Å². The normalized spacial score (nSPS) is 28.2. The molecule has 5 nitrogen and oxygen atoms in total. The second kappa shape index (κ2) is 3.57. The van der Waals surface area contributed by atoms with Gasteiger partial charge >= 0.3 is 0 Å². The molecular weight excluding hydrogens is 192 g/mol. The Morgan fingerprint density at radius 1 is 1.47 bits per heavy atom. The van der Waals surface area contributed by atoms with Crippen LogP contribution < -0.4 is 5.32 Å². The fourth-order valence-corrected chi connectivity index (χ4v) is 1.97. The average molecular weight is 208 g/mol. The topological polar surface area (TPSA) is 54.2 Å². The van der Waals surface area contributed by atoms with Crippen LogP contribution in [0.1, 0.15) is 36.5 Å². The zero-order valence-corrected chi connectivity index (χ0v) is 8.94. The lowest BCUT2D eigenvalue weighted by Gasteiger charge is -2.30. The Morgan fingerprint density at radius 3 is 3.07 bits per heavy atom. The first-order valence-electron chi connectivity index (χ1n) is 5.59. The lowest BCUT2D eigenvalue weighted by molar-refractivity contribution is 0.163. The van der Waals surface area contributed by atoms with Gasteiger partial charge in [-0.2, -0.15) is 4.98 Å². The highest BCUT2D eigenvalue weighted by Gasteiger charge is 2.31. The largest absolute Gasteiger partial charge is 0.338 e. The molecule has 1 aliphatic heterocycles. The van der Waals surface area contributed by atoms with E-state index in [1.165, 1.54) is 12.8 Å². The maximum atomic E-state index is 5.33. The summed E-state index contributed by atoms with van der Waals surface area (Å²) >= 11 is 0. The quantitative estimate of drug-likeness (QED) is 0.768. The zero-order valence-electron chi connectivity index (χ0n) is 8.94. The summed E-state index contributed by atoms with van der Waals surface area (Å²) in [4.78, 5) is 6.75. The van der Waals surface area contributed by atoms with E-state index in [0.29, 0.717) is 5.92 Å². The van der Waals surface area contributed by atoms with Gasteiger partial charge < -0.3 is 9.84 Å². The van der Waals surface area contributed by atoms with E-state index < -0.39 is 0 Å². The van der Waals surface area contributed by atoms with Crippen LogP contribution in [0.25, 0.3) is 0 Å². The standard InChI is InChI=1S/C10H16N4O/c1-14-5-4-11-6-8(14)10-12-9(13-15-10)7-2-3-7/h7-8,11H,2-6H2,1H3. The molecular formula is C10H16N4O. The van der Waals surface area contributed by atoms with Gasteiger partial charge in [0.25, 0.3) is 0 Å². The van der Waals surface area contributed by atoms with Crippen molar-refractivity contribution in [2.45, 2.75) is 24.8 Å². The second-order valence-corrected chi connectivity index (χ2v) is 4.47. The molecule has 1 aromatic heterocycles. The van der Waals surface area contributed by atoms with Crippen molar-refractivity contribution in [2.24, 2.45) is 0 Å². The molecule has 82 valence electrons. The molecule has 1 atom stereocenters. The van der Waals surface area contributed by atoms with Gasteiger partial charge in [-0.25, -0.2) is 0 Å². The molecule has 0 spiro atoms. The number of likely N-dealkylation sites (N-methyl/N-ethyl adjacent to an activating group) is 1. The first kappa shape index (κ1) is 9.30. The Hall–Kier alpha value is -0.940. The van der Waals surface area contributed by atoms with Crippen LogP contribution in [0.3, 0.4) is 0 Å². The molecule has 1 aromatic rings. The molecule has 0 radical (unpaired) electrons. The molecule has 15 heavy (non-hydrogen) atoms. The molecule has 0 bridgehead atoms. The van der Waals surface area contributed by atoms with Crippen molar-refractivity contribution in [3.8, 4) is 0 Å². The summed E-state index contributed by atoms with van der Waals surface area (Å²) < 4.78 is 5.33. The Morgan fingerprint density at radius 2 is 2.33 bits per heavy atom. The van der Waals surface area contributed by atoms with Gasteiger partial charge in [-0.3, -0.25) is 4.90 Å². The summed E-state index contributed by atoms with van der Waals surface area (Å²) in [5, 5.41) is 7.40. The Kier molecular flexibility index (Phi) is 2.21. The Balaban J connectivity index is 1.78. The highest BCUT2D eigenvalue weighted by Crippen LogP contribution is 2.38. The fraction of sp³-hybridized carbons (Fsp3) is 0.800. The summed E-state index contributed by atoms with van der Waals surface area (Å²) in [6, 6.07) is 0.249. The first-order chi connectivity index (χ1) is 7.34. The van der Waals surface area contributed by atoms with E-state index >= 15 is 0 Å². The minimum Gasteiger partial charge on any atom is -0.338 e. The van der Waals surface area contributed by atoms with Gasteiger partial charge in [-0.15, -0.1) is 0 Å². The van der Waals surface area contributed by atoms with Gasteiger partial charge in [-0.05, 0) is 19.9 Å². The van der Waals surface area contributed by atoms with Crippen molar-refractivity contribution in [3.05, 3.63) is 11.7 Å². The van der Waals surface area contributed by atoms with Crippen molar-refractivity contribution >= 4 is 0 Å². The summed E-state index contributed by atoms with van der Waals surface area (Å²) in [5.41, 5.74) is 0. The number of aromatic nitrogens is 2. The minimum atomic E-state index is 0.249. The molecule has 2 heterocycles. The number of rotatable bonds is 2. The molecule has 3 rings (SSSR count). The van der Waals surface area contributed by atoms with Crippen LogP contribution in [0.4, 0.5) is 0 Å². The van der Waals surface area contributed by atoms with Crippen LogP contribution in [0.5, 0.6) is 0 Å². The third kappa shape index (κ3) is 1.77. The number of nitrogens with one attached hydrogen (secondary N) is 1. The predicted octanol–water partition coefficient (Wildman–Crippen LogP) is 0.523. The van der Waals surface area contributed by atoms with Gasteiger partial charge in [0.05, 0.1) is 0 Å². The van der Waals surface area contributed by atoms with E-state index in [1.807, 2.05) is 0 Å². The second-order valence-electron chi connectivity index (χ2n) is 4.47. The molecule has 0 amide bonds. The SMILES string of the molecule is CN1CCNCC1c1nc(C2CC2)no1. The van der Waals surface area contributed by atoms with Crippen molar-refractivity contribution in [1.29, 1.82) is 0 Å². The lowest BCUT2D eigenvalue weighted by Crippen LogP contribution is -2.43. The zero-order chi connectivity index (χ0) is 10.3. The van der Waals surface area contributed by atoms with Crippen LogP contribution in [0.15, 0.2) is 4.52 Å². The number of nitrogens with zero attached hydrogens (tertiary/aromatic N) is 3. The summed E-state index contributed by atoms with van der Waals surface area (Å²) in [5.74, 6) is 2.25. The van der Waals surface area contributed by atoms with Gasteiger partial charge in [0.2, 0.25) is 5.89 Å². The van der Waals surface area contributed by atoms with E-state index in [-0.39, 0.29) is 6.04 Å². The van der Waals surface area contributed by atoms with Crippen molar-refractivity contribution in [1.82, 2.24) is 20.4 Å². The highest BCUT2D eigenvalue weighted by atomic mass is 16.5. The molecule has 1 saturated carbocycles. The fourth-order valence-electron chi connectivity index (χ4n) is 1.97. The Bertz CT molecular complexity index is 347. The predicted molar refractivity (Wildman–Crippen MR) is 54.5 cm³/mol. The molecule has 1 N–H and O–H groups in total. The summed E-state index contributed by atoms with van der Waals surface area (Å²) in [6.07, 6.45) is 2.44. The minimum absolute atomic E-state index is 0.249. The Labute approximate surface area is 88.8 Å². The summed E-state index contributed by atoms with van der Waals surface area (Å²) in [6.45, 7) is 2.98. The molecule has 1 saturated heterocycles. The van der Waals surface area contributed by atoms with Crippen LogP contribution >= 0.6 is 0 Å². The third-order valence-electron chi connectivity index (χ3n) is 3.20. The maximum Gasteiger partial charge on any atom is 0.245 e. The molecule has 2 fully saturated rings. The lowest BCUT2D eigenvalue weighted by atomic mass is 10.2. The molecule has 1 aliphatic carbocycles. The average Bonchev–Trinajstić information content (AvgIpc) is 2.99. The van der Waals surface area contributed by atoms with Crippen molar-refractivity contribution in [3.63, 3.8) is 0 Å². The number of piperazine rings is 1. The van der Waals surface area contributed by atoms with Crippen LogP contribution in [0.2, 0.25) is 0 Å². The van der Waals surface area contributed by atoms with Gasteiger partial charge in [0.15, 0.2) is 5.82 Å². The van der Waals surface area contributed by atoms with E-state index in [1.54, 1.807) is 0 Å².